The summed E-state index contributed by atoms with van der Waals surface area (Å²) in [7, 11) is 0. The second-order valence-electron chi connectivity index (χ2n) is 3.40. The van der Waals surface area contributed by atoms with Gasteiger partial charge in [0, 0.05) is 5.69 Å². The van der Waals surface area contributed by atoms with Gasteiger partial charge in [-0.25, -0.2) is 19.3 Å². The van der Waals surface area contributed by atoms with E-state index in [9.17, 15) is 14.9 Å². The van der Waals surface area contributed by atoms with Crippen LogP contribution in [0.2, 0.25) is 0 Å². The van der Waals surface area contributed by atoms with E-state index in [2.05, 4.69) is 15.0 Å². The maximum atomic E-state index is 10.8. The van der Waals surface area contributed by atoms with Crippen molar-refractivity contribution >= 4 is 11.8 Å². The van der Waals surface area contributed by atoms with Gasteiger partial charge >= 0.3 is 11.8 Å². The van der Waals surface area contributed by atoms with Gasteiger partial charge in [-0.1, -0.05) is 0 Å². The van der Waals surface area contributed by atoms with E-state index in [0.717, 1.165) is 12.5 Å². The molecule has 0 aromatic carbocycles. The Balaban J connectivity index is 2.49. The first-order chi connectivity index (χ1) is 8.47. The van der Waals surface area contributed by atoms with Gasteiger partial charge < -0.3 is 15.2 Å². The van der Waals surface area contributed by atoms with E-state index < -0.39 is 10.9 Å². The molecular weight excluding hydrogens is 242 g/mol. The Morgan fingerprint density at radius 2 is 2.22 bits per heavy atom. The number of hydrogen-bond donors (Lipinski definition) is 1. The Bertz CT molecular complexity index is 636. The average molecular weight is 249 g/mol. The van der Waals surface area contributed by atoms with Gasteiger partial charge in [0.15, 0.2) is 5.69 Å². The fourth-order valence-electron chi connectivity index (χ4n) is 1.29. The number of aromatic carboxylic acids is 1. The highest BCUT2D eigenvalue weighted by Crippen LogP contribution is 2.11. The predicted molar refractivity (Wildman–Crippen MR) is 57.5 cm³/mol. The van der Waals surface area contributed by atoms with Crippen LogP contribution in [0.5, 0.6) is 0 Å². The van der Waals surface area contributed by atoms with E-state index in [4.69, 9.17) is 5.11 Å². The van der Waals surface area contributed by atoms with Gasteiger partial charge in [-0.15, -0.1) is 0 Å². The van der Waals surface area contributed by atoms with E-state index >= 15 is 0 Å². The highest BCUT2D eigenvalue weighted by molar-refractivity contribution is 5.85. The molecule has 18 heavy (non-hydrogen) atoms. The fraction of sp³-hybridized carbons (Fsp3) is 0.111. The highest BCUT2D eigenvalue weighted by Gasteiger charge is 2.15. The molecule has 9 nitrogen and oxygen atoms in total. The SMILES string of the molecule is Cc1cc(C(=O)O)nc(-n2cnc([N+](=O)[O-])c2)n1. The topological polar surface area (TPSA) is 124 Å². The Kier molecular flexibility index (Phi) is 2.72. The third kappa shape index (κ3) is 2.14. The average Bonchev–Trinajstić information content (AvgIpc) is 2.77. The zero-order valence-electron chi connectivity index (χ0n) is 9.14. The maximum absolute atomic E-state index is 10.8. The van der Waals surface area contributed by atoms with Crippen LogP contribution in [0.3, 0.4) is 0 Å². The monoisotopic (exact) mass is 249 g/mol. The van der Waals surface area contributed by atoms with Gasteiger partial charge in [0.1, 0.15) is 6.20 Å². The number of aryl methyl sites for hydroxylation is 1. The van der Waals surface area contributed by atoms with E-state index in [0.29, 0.717) is 5.69 Å². The zero-order valence-corrected chi connectivity index (χ0v) is 9.14. The lowest BCUT2D eigenvalue weighted by molar-refractivity contribution is -0.389. The first-order valence-electron chi connectivity index (χ1n) is 4.75. The molecule has 0 aliphatic heterocycles. The summed E-state index contributed by atoms with van der Waals surface area (Å²) in [6.07, 6.45) is 2.26. The van der Waals surface area contributed by atoms with E-state index in [1.165, 1.54) is 10.6 Å². The molecule has 92 valence electrons. The molecule has 1 N–H and O–H groups in total. The molecule has 0 fully saturated rings. The van der Waals surface area contributed by atoms with Crippen LogP contribution in [0.1, 0.15) is 16.2 Å². The lowest BCUT2D eigenvalue weighted by Gasteiger charge is -2.01. The minimum Gasteiger partial charge on any atom is -0.477 e. The van der Waals surface area contributed by atoms with Gasteiger partial charge in [-0.05, 0) is 22.9 Å². The fourth-order valence-corrected chi connectivity index (χ4v) is 1.29. The first kappa shape index (κ1) is 11.6. The van der Waals surface area contributed by atoms with Crippen molar-refractivity contribution in [3.05, 3.63) is 40.1 Å². The Morgan fingerprint density at radius 1 is 1.50 bits per heavy atom. The summed E-state index contributed by atoms with van der Waals surface area (Å²) >= 11 is 0. The summed E-state index contributed by atoms with van der Waals surface area (Å²) in [5.74, 6) is -1.54. The number of nitrogens with zero attached hydrogens (tertiary/aromatic N) is 5. The van der Waals surface area contributed by atoms with Crippen LogP contribution in [-0.4, -0.2) is 35.5 Å². The third-order valence-electron chi connectivity index (χ3n) is 2.05. The second-order valence-corrected chi connectivity index (χ2v) is 3.40. The minimum atomic E-state index is -1.20. The van der Waals surface area contributed by atoms with Crippen molar-refractivity contribution in [2.24, 2.45) is 0 Å². The Morgan fingerprint density at radius 3 is 2.78 bits per heavy atom. The smallest absolute Gasteiger partial charge is 0.382 e. The van der Waals surface area contributed by atoms with Crippen molar-refractivity contribution < 1.29 is 14.8 Å². The molecule has 0 unspecified atom stereocenters. The lowest BCUT2D eigenvalue weighted by atomic mass is 10.3. The molecule has 2 heterocycles. The molecule has 0 atom stereocenters. The summed E-state index contributed by atoms with van der Waals surface area (Å²) < 4.78 is 1.19. The molecule has 2 aromatic rings. The summed E-state index contributed by atoms with van der Waals surface area (Å²) in [6, 6.07) is 1.30. The van der Waals surface area contributed by atoms with Crippen molar-refractivity contribution in [2.75, 3.05) is 0 Å². The normalized spacial score (nSPS) is 10.3. The molecule has 2 rings (SSSR count). The van der Waals surface area contributed by atoms with Crippen LogP contribution >= 0.6 is 0 Å². The van der Waals surface area contributed by atoms with E-state index in [1.54, 1.807) is 6.92 Å². The second kappa shape index (κ2) is 4.20. The number of aromatic nitrogens is 4. The van der Waals surface area contributed by atoms with E-state index in [-0.39, 0.29) is 17.5 Å². The number of carboxylic acid groups (broad SMARTS) is 1. The van der Waals surface area contributed by atoms with Crippen molar-refractivity contribution in [1.82, 2.24) is 19.5 Å². The van der Waals surface area contributed by atoms with Gasteiger partial charge in [-0.2, -0.15) is 0 Å². The summed E-state index contributed by atoms with van der Waals surface area (Å²) in [6.45, 7) is 1.60. The molecule has 0 saturated carbocycles. The standard InChI is InChI=1S/C9H7N5O4/c1-5-2-6(8(15)16)12-9(11-5)13-3-7(10-4-13)14(17)18/h2-4H,1H3,(H,15,16). The van der Waals surface area contributed by atoms with Crippen molar-refractivity contribution in [2.45, 2.75) is 6.92 Å². The number of rotatable bonds is 3. The van der Waals surface area contributed by atoms with Crippen LogP contribution < -0.4 is 0 Å². The Hall–Kier alpha value is -2.84. The largest absolute Gasteiger partial charge is 0.477 e. The minimum absolute atomic E-state index is 0.0213. The van der Waals surface area contributed by atoms with Crippen molar-refractivity contribution in [3.8, 4) is 5.95 Å². The number of carboxylic acids is 1. The van der Waals surface area contributed by atoms with Crippen LogP contribution in [0.25, 0.3) is 5.95 Å². The van der Waals surface area contributed by atoms with Crippen LogP contribution in [0, 0.1) is 17.0 Å². The van der Waals surface area contributed by atoms with Crippen molar-refractivity contribution in [3.63, 3.8) is 0 Å². The molecule has 0 aliphatic rings. The molecule has 0 spiro atoms. The van der Waals surface area contributed by atoms with Gasteiger partial charge in [0.2, 0.25) is 12.3 Å². The van der Waals surface area contributed by atoms with E-state index in [1.807, 2.05) is 0 Å². The Labute approximate surface area is 99.9 Å². The predicted octanol–water partition coefficient (Wildman–Crippen LogP) is 0.577. The quantitative estimate of drug-likeness (QED) is 0.622. The maximum Gasteiger partial charge on any atom is 0.382 e. The summed E-state index contributed by atoms with van der Waals surface area (Å²) in [5, 5.41) is 19.3. The number of imidazole rings is 1. The van der Waals surface area contributed by atoms with Crippen LogP contribution in [0.4, 0.5) is 5.82 Å². The molecule has 0 amide bonds. The van der Waals surface area contributed by atoms with Crippen molar-refractivity contribution in [1.29, 1.82) is 0 Å². The molecule has 0 bridgehead atoms. The molecule has 0 radical (unpaired) electrons. The van der Waals surface area contributed by atoms with Crippen LogP contribution in [-0.2, 0) is 0 Å². The highest BCUT2D eigenvalue weighted by atomic mass is 16.6. The summed E-state index contributed by atoms with van der Waals surface area (Å²) in [5.41, 5.74) is 0.252. The molecule has 2 aromatic heterocycles. The first-order valence-corrected chi connectivity index (χ1v) is 4.75. The van der Waals surface area contributed by atoms with Crippen LogP contribution in [0.15, 0.2) is 18.6 Å². The zero-order chi connectivity index (χ0) is 13.3. The molecule has 0 saturated heterocycles. The number of hydrogen-bond acceptors (Lipinski definition) is 6. The number of nitro groups is 1. The number of carbonyl (C=O) groups is 1. The molecule has 9 heteroatoms. The summed E-state index contributed by atoms with van der Waals surface area (Å²) in [4.78, 5) is 31.9. The molecular formula is C9H7N5O4. The van der Waals surface area contributed by atoms with Gasteiger partial charge in [-0.3, -0.25) is 0 Å². The third-order valence-corrected chi connectivity index (χ3v) is 2.05. The van der Waals surface area contributed by atoms with Gasteiger partial charge in [0.05, 0.1) is 0 Å². The van der Waals surface area contributed by atoms with Gasteiger partial charge in [0.25, 0.3) is 0 Å². The lowest BCUT2D eigenvalue weighted by Crippen LogP contribution is -2.07. The molecule has 0 aliphatic carbocycles.